The van der Waals surface area contributed by atoms with E-state index >= 15 is 0 Å². The molecule has 14 heavy (non-hydrogen) atoms. The van der Waals surface area contributed by atoms with Crippen molar-refractivity contribution in [1.29, 1.82) is 0 Å². The number of hydrogen-bond acceptors (Lipinski definition) is 3. The monoisotopic (exact) mass is 256 g/mol. The Hall–Kier alpha value is -0.770. The van der Waals surface area contributed by atoms with Crippen LogP contribution in [0.3, 0.4) is 0 Å². The van der Waals surface area contributed by atoms with Crippen LogP contribution in [0.25, 0.3) is 0 Å². The van der Waals surface area contributed by atoms with Gasteiger partial charge in [-0.1, -0.05) is 13.8 Å². The molecule has 0 atom stereocenters. The van der Waals surface area contributed by atoms with Crippen molar-refractivity contribution in [3.05, 3.63) is 22.7 Å². The predicted octanol–water partition coefficient (Wildman–Crippen LogP) is 2.40. The van der Waals surface area contributed by atoms with Crippen LogP contribution in [0.2, 0.25) is 0 Å². The number of ketones is 1. The zero-order chi connectivity index (χ0) is 10.6. The first-order valence-corrected chi connectivity index (χ1v) is 5.35. The highest BCUT2D eigenvalue weighted by Gasteiger charge is 2.07. The van der Waals surface area contributed by atoms with Crippen LogP contribution in [0.5, 0.6) is 0 Å². The van der Waals surface area contributed by atoms with Gasteiger partial charge >= 0.3 is 0 Å². The van der Waals surface area contributed by atoms with Gasteiger partial charge in [0.25, 0.3) is 0 Å². The average Bonchev–Trinajstić information content (AvgIpc) is 2.07. The first-order valence-electron chi connectivity index (χ1n) is 4.56. The SMILES string of the molecule is CC(C)CC(=O)Cc1ncc(Br)cn1. The second-order valence-corrected chi connectivity index (χ2v) is 4.55. The molecule has 1 heterocycles. The van der Waals surface area contributed by atoms with Crippen LogP contribution < -0.4 is 0 Å². The van der Waals surface area contributed by atoms with E-state index < -0.39 is 0 Å². The zero-order valence-corrected chi connectivity index (χ0v) is 9.91. The van der Waals surface area contributed by atoms with Crippen LogP contribution in [0, 0.1) is 5.92 Å². The van der Waals surface area contributed by atoms with Gasteiger partial charge in [0.15, 0.2) is 0 Å². The summed E-state index contributed by atoms with van der Waals surface area (Å²) in [4.78, 5) is 19.5. The van der Waals surface area contributed by atoms with Gasteiger partial charge in [0.05, 0.1) is 10.9 Å². The van der Waals surface area contributed by atoms with Gasteiger partial charge in [-0.3, -0.25) is 4.79 Å². The second kappa shape index (κ2) is 5.20. The summed E-state index contributed by atoms with van der Waals surface area (Å²) in [5.74, 6) is 1.19. The summed E-state index contributed by atoms with van der Waals surface area (Å²) >= 11 is 3.24. The van der Waals surface area contributed by atoms with Gasteiger partial charge in [-0.25, -0.2) is 9.97 Å². The van der Waals surface area contributed by atoms with Crippen LogP contribution >= 0.6 is 15.9 Å². The number of rotatable bonds is 4. The first kappa shape index (κ1) is 11.3. The standard InChI is InChI=1S/C10H13BrN2O/c1-7(2)3-9(14)4-10-12-5-8(11)6-13-10/h5-7H,3-4H2,1-2H3. The molecule has 1 aromatic heterocycles. The summed E-state index contributed by atoms with van der Waals surface area (Å²) in [6, 6.07) is 0. The molecule has 0 unspecified atom stereocenters. The van der Waals surface area contributed by atoms with Crippen molar-refractivity contribution < 1.29 is 4.79 Å². The lowest BCUT2D eigenvalue weighted by Crippen LogP contribution is -2.08. The number of Topliss-reactive ketones (excluding diaryl/α,β-unsaturated/α-hetero) is 1. The van der Waals surface area contributed by atoms with E-state index in [0.717, 1.165) is 4.47 Å². The average molecular weight is 257 g/mol. The van der Waals surface area contributed by atoms with Crippen LogP contribution in [0.15, 0.2) is 16.9 Å². The summed E-state index contributed by atoms with van der Waals surface area (Å²) < 4.78 is 0.831. The van der Waals surface area contributed by atoms with Gasteiger partial charge in [-0.05, 0) is 21.8 Å². The van der Waals surface area contributed by atoms with E-state index in [2.05, 4.69) is 25.9 Å². The van der Waals surface area contributed by atoms with E-state index in [1.54, 1.807) is 12.4 Å². The van der Waals surface area contributed by atoms with E-state index in [-0.39, 0.29) is 5.78 Å². The Morgan fingerprint density at radius 2 is 2.00 bits per heavy atom. The number of hydrogen-bond donors (Lipinski definition) is 0. The second-order valence-electron chi connectivity index (χ2n) is 3.63. The van der Waals surface area contributed by atoms with Gasteiger partial charge in [0, 0.05) is 18.8 Å². The molecule has 1 rings (SSSR count). The molecule has 0 aliphatic rings. The molecule has 0 N–H and O–H groups in total. The van der Waals surface area contributed by atoms with Crippen LogP contribution in [0.4, 0.5) is 0 Å². The molecular formula is C10H13BrN2O. The van der Waals surface area contributed by atoms with Crippen molar-refractivity contribution in [3.63, 3.8) is 0 Å². The summed E-state index contributed by atoms with van der Waals surface area (Å²) in [5, 5.41) is 0. The minimum Gasteiger partial charge on any atom is -0.299 e. The molecule has 0 spiro atoms. The Labute approximate surface area is 92.1 Å². The van der Waals surface area contributed by atoms with Gasteiger partial charge in [0.1, 0.15) is 11.6 Å². The van der Waals surface area contributed by atoms with Gasteiger partial charge < -0.3 is 0 Å². The summed E-state index contributed by atoms with van der Waals surface area (Å²) in [5.41, 5.74) is 0. The van der Waals surface area contributed by atoms with E-state index in [1.165, 1.54) is 0 Å². The molecule has 0 radical (unpaired) electrons. The number of halogens is 1. The normalized spacial score (nSPS) is 10.6. The molecule has 0 bridgehead atoms. The molecule has 0 saturated heterocycles. The fourth-order valence-electron chi connectivity index (χ4n) is 1.13. The Bertz CT molecular complexity index is 308. The third-order valence-corrected chi connectivity index (χ3v) is 2.07. The number of carbonyl (C=O) groups excluding carboxylic acids is 1. The third-order valence-electron chi connectivity index (χ3n) is 1.67. The molecule has 3 nitrogen and oxygen atoms in total. The molecule has 0 fully saturated rings. The molecule has 0 aromatic carbocycles. The predicted molar refractivity (Wildman–Crippen MR) is 57.9 cm³/mol. The number of nitrogens with zero attached hydrogens (tertiary/aromatic N) is 2. The Kier molecular flexibility index (Phi) is 4.20. The lowest BCUT2D eigenvalue weighted by molar-refractivity contribution is -0.119. The quantitative estimate of drug-likeness (QED) is 0.831. The van der Waals surface area contributed by atoms with Crippen LogP contribution in [0.1, 0.15) is 26.1 Å². The van der Waals surface area contributed by atoms with Crippen molar-refractivity contribution in [3.8, 4) is 0 Å². The number of carbonyl (C=O) groups is 1. The third kappa shape index (κ3) is 3.96. The van der Waals surface area contributed by atoms with Crippen molar-refractivity contribution in [1.82, 2.24) is 9.97 Å². The van der Waals surface area contributed by atoms with Crippen molar-refractivity contribution >= 4 is 21.7 Å². The van der Waals surface area contributed by atoms with Crippen molar-refractivity contribution in [2.24, 2.45) is 5.92 Å². The maximum atomic E-state index is 11.4. The van der Waals surface area contributed by atoms with E-state index in [4.69, 9.17) is 0 Å². The summed E-state index contributed by atoms with van der Waals surface area (Å²) in [6.45, 7) is 4.06. The minimum absolute atomic E-state index is 0.197. The van der Waals surface area contributed by atoms with Crippen LogP contribution in [-0.2, 0) is 11.2 Å². The molecule has 1 aromatic rings. The largest absolute Gasteiger partial charge is 0.299 e. The molecule has 76 valence electrons. The first-order chi connectivity index (χ1) is 6.58. The molecule has 0 aliphatic carbocycles. The lowest BCUT2D eigenvalue weighted by Gasteiger charge is -2.02. The van der Waals surface area contributed by atoms with Crippen molar-refractivity contribution in [2.45, 2.75) is 26.7 Å². The maximum absolute atomic E-state index is 11.4. The Balaban J connectivity index is 2.52. The minimum atomic E-state index is 0.197. The molecule has 4 heteroatoms. The highest BCUT2D eigenvalue weighted by Crippen LogP contribution is 2.07. The van der Waals surface area contributed by atoms with E-state index in [9.17, 15) is 4.79 Å². The smallest absolute Gasteiger partial charge is 0.140 e. The fourth-order valence-corrected chi connectivity index (χ4v) is 1.34. The molecular weight excluding hydrogens is 244 g/mol. The zero-order valence-electron chi connectivity index (χ0n) is 8.33. The van der Waals surface area contributed by atoms with E-state index in [1.807, 2.05) is 13.8 Å². The summed E-state index contributed by atoms with van der Waals surface area (Å²) in [7, 11) is 0. The van der Waals surface area contributed by atoms with E-state index in [0.29, 0.717) is 24.6 Å². The highest BCUT2D eigenvalue weighted by atomic mass is 79.9. The molecule has 0 amide bonds. The molecule has 0 saturated carbocycles. The van der Waals surface area contributed by atoms with Gasteiger partial charge in [-0.15, -0.1) is 0 Å². The van der Waals surface area contributed by atoms with Crippen LogP contribution in [-0.4, -0.2) is 15.8 Å². The van der Waals surface area contributed by atoms with Crippen molar-refractivity contribution in [2.75, 3.05) is 0 Å². The number of aromatic nitrogens is 2. The maximum Gasteiger partial charge on any atom is 0.140 e. The van der Waals surface area contributed by atoms with Gasteiger partial charge in [-0.2, -0.15) is 0 Å². The Morgan fingerprint density at radius 1 is 1.43 bits per heavy atom. The Morgan fingerprint density at radius 3 is 2.50 bits per heavy atom. The topological polar surface area (TPSA) is 42.9 Å². The van der Waals surface area contributed by atoms with Gasteiger partial charge in [0.2, 0.25) is 0 Å². The highest BCUT2D eigenvalue weighted by molar-refractivity contribution is 9.10. The lowest BCUT2D eigenvalue weighted by atomic mass is 10.1. The summed E-state index contributed by atoms with van der Waals surface area (Å²) in [6.07, 6.45) is 4.25. The molecule has 0 aliphatic heterocycles. The fraction of sp³-hybridized carbons (Fsp3) is 0.500.